The molecule has 0 spiro atoms. The molecule has 0 fully saturated rings. The molecular weight excluding hydrogens is 180 g/mol. The SMILES string of the molecule is O=[N+]([O-])/N=c1\nn[nH]n1N(F)F. The topological polar surface area (TPSA) is 105 Å². The molecule has 0 saturated carbocycles. The van der Waals surface area contributed by atoms with Crippen molar-refractivity contribution in [1.82, 2.24) is 20.3 Å². The van der Waals surface area contributed by atoms with Gasteiger partial charge in [0.15, 0.2) is 5.03 Å². The number of hydrogen-bond acceptors (Lipinski definition) is 5. The first-order valence-corrected chi connectivity index (χ1v) is 2.42. The summed E-state index contributed by atoms with van der Waals surface area (Å²) in [5.74, 6) is 0. The predicted octanol–water partition coefficient (Wildman–Crippen LogP) is -1.59. The average Bonchev–Trinajstić information content (AvgIpc) is 2.33. The molecule has 1 rings (SSSR count). The third-order valence-corrected chi connectivity index (χ3v) is 0.791. The van der Waals surface area contributed by atoms with Crippen LogP contribution in [-0.2, 0) is 0 Å². The zero-order valence-electron chi connectivity index (χ0n) is 5.26. The van der Waals surface area contributed by atoms with E-state index in [1.165, 1.54) is 0 Å². The smallest absolute Gasteiger partial charge is 0.233 e. The van der Waals surface area contributed by atoms with Crippen molar-refractivity contribution in [3.63, 3.8) is 0 Å². The number of nitrogens with one attached hydrogen (secondary N) is 1. The fourth-order valence-corrected chi connectivity index (χ4v) is 0.433. The maximum Gasteiger partial charge on any atom is 0.361 e. The Labute approximate surface area is 61.9 Å². The lowest BCUT2D eigenvalue weighted by Crippen LogP contribution is -2.31. The Kier molecular flexibility index (Phi) is 1.94. The van der Waals surface area contributed by atoms with Crippen molar-refractivity contribution < 1.29 is 14.0 Å². The van der Waals surface area contributed by atoms with Crippen LogP contribution >= 0.6 is 0 Å². The van der Waals surface area contributed by atoms with Gasteiger partial charge in [-0.05, 0) is 14.2 Å². The van der Waals surface area contributed by atoms with Gasteiger partial charge in [0.1, 0.15) is 5.10 Å². The van der Waals surface area contributed by atoms with Crippen molar-refractivity contribution in [3.8, 4) is 0 Å². The van der Waals surface area contributed by atoms with Crippen LogP contribution in [0.5, 0.6) is 0 Å². The van der Waals surface area contributed by atoms with Gasteiger partial charge in [0, 0.05) is 0 Å². The van der Waals surface area contributed by atoms with Crippen LogP contribution in [0.1, 0.15) is 0 Å². The summed E-state index contributed by atoms with van der Waals surface area (Å²) in [5, 5.41) is 18.5. The molecule has 0 atom stereocenters. The van der Waals surface area contributed by atoms with Gasteiger partial charge in [0.2, 0.25) is 0 Å². The highest BCUT2D eigenvalue weighted by Crippen LogP contribution is 1.80. The molecule has 0 aliphatic carbocycles. The molecule has 0 radical (unpaired) electrons. The second kappa shape index (κ2) is 2.89. The van der Waals surface area contributed by atoms with Gasteiger partial charge in [-0.3, -0.25) is 0 Å². The maximum atomic E-state index is 11.7. The number of rotatable bonds is 2. The van der Waals surface area contributed by atoms with Crippen molar-refractivity contribution in [1.29, 1.82) is 0 Å². The lowest BCUT2D eigenvalue weighted by Gasteiger charge is -1.95. The van der Waals surface area contributed by atoms with Crippen molar-refractivity contribution in [3.05, 3.63) is 15.7 Å². The molecule has 9 nitrogen and oxygen atoms in total. The standard InChI is InChI=1S/CHF2N7O2/c2-9(3)8-1(4-6-7-8)5-10(11)12/h(H,4,5,7). The van der Waals surface area contributed by atoms with Crippen molar-refractivity contribution in [2.75, 3.05) is 5.45 Å². The molecule has 0 aromatic carbocycles. The Hall–Kier alpha value is -2.07. The molecule has 0 amide bonds. The second-order valence-electron chi connectivity index (χ2n) is 1.46. The molecule has 0 aliphatic rings. The highest BCUT2D eigenvalue weighted by molar-refractivity contribution is 4.50. The van der Waals surface area contributed by atoms with Crippen LogP contribution in [0.2, 0.25) is 0 Å². The monoisotopic (exact) mass is 181 g/mol. The van der Waals surface area contributed by atoms with Crippen LogP contribution in [-0.4, -0.2) is 25.3 Å². The number of halogens is 2. The first-order chi connectivity index (χ1) is 5.61. The molecule has 0 unspecified atom stereocenters. The van der Waals surface area contributed by atoms with Gasteiger partial charge in [0.05, 0.1) is 5.45 Å². The summed E-state index contributed by atoms with van der Waals surface area (Å²) in [6.07, 6.45) is 0. The van der Waals surface area contributed by atoms with E-state index in [1.807, 2.05) is 0 Å². The number of nitro groups is 1. The summed E-state index contributed by atoms with van der Waals surface area (Å²) in [7, 11) is 0. The number of aromatic amines is 1. The number of aromatic nitrogens is 4. The van der Waals surface area contributed by atoms with E-state index in [2.05, 4.69) is 15.4 Å². The lowest BCUT2D eigenvalue weighted by molar-refractivity contribution is -0.491. The van der Waals surface area contributed by atoms with Crippen LogP contribution in [0.15, 0.2) is 5.10 Å². The molecule has 12 heavy (non-hydrogen) atoms. The Morgan fingerprint density at radius 1 is 1.75 bits per heavy atom. The second-order valence-corrected chi connectivity index (χ2v) is 1.46. The van der Waals surface area contributed by atoms with Gasteiger partial charge in [-0.2, -0.15) is 5.21 Å². The summed E-state index contributed by atoms with van der Waals surface area (Å²) in [6.45, 7) is 0. The summed E-state index contributed by atoms with van der Waals surface area (Å²) in [4.78, 5) is 9.61. The third-order valence-electron chi connectivity index (χ3n) is 0.791. The van der Waals surface area contributed by atoms with E-state index >= 15 is 0 Å². The minimum atomic E-state index is -1.48. The number of nitrogens with zero attached hydrogens (tertiary/aromatic N) is 6. The van der Waals surface area contributed by atoms with E-state index in [4.69, 9.17) is 0 Å². The summed E-state index contributed by atoms with van der Waals surface area (Å²) in [6, 6.07) is 0. The van der Waals surface area contributed by atoms with Crippen LogP contribution in [0.4, 0.5) is 8.96 Å². The molecule has 0 bridgehead atoms. The summed E-state index contributed by atoms with van der Waals surface area (Å²) < 4.78 is 23.4. The fourth-order valence-electron chi connectivity index (χ4n) is 0.433. The van der Waals surface area contributed by atoms with Crippen LogP contribution in [0.25, 0.3) is 0 Å². The number of tetrazole rings is 1. The largest absolute Gasteiger partial charge is 0.361 e. The van der Waals surface area contributed by atoms with Gasteiger partial charge in [0.25, 0.3) is 0 Å². The van der Waals surface area contributed by atoms with Gasteiger partial charge in [-0.25, -0.2) is 10.1 Å². The molecule has 1 aromatic heterocycles. The van der Waals surface area contributed by atoms with Gasteiger partial charge < -0.3 is 0 Å². The first kappa shape index (κ1) is 8.03. The van der Waals surface area contributed by atoms with Crippen molar-refractivity contribution in [2.24, 2.45) is 5.10 Å². The minimum Gasteiger partial charge on any atom is -0.233 e. The summed E-state index contributed by atoms with van der Waals surface area (Å²) >= 11 is 0. The van der Waals surface area contributed by atoms with E-state index in [0.717, 1.165) is 0 Å². The maximum absolute atomic E-state index is 11.7. The Bertz CT molecular complexity index is 337. The molecule has 0 aliphatic heterocycles. The molecule has 66 valence electrons. The zero-order valence-corrected chi connectivity index (χ0v) is 5.26. The van der Waals surface area contributed by atoms with Gasteiger partial charge in [-0.15, -0.1) is 0 Å². The molecule has 1 aromatic rings. The van der Waals surface area contributed by atoms with Gasteiger partial charge in [-0.1, -0.05) is 9.89 Å². The Morgan fingerprint density at radius 2 is 2.42 bits per heavy atom. The van der Waals surface area contributed by atoms with Crippen LogP contribution in [0, 0.1) is 10.1 Å². The zero-order chi connectivity index (χ0) is 9.14. The third kappa shape index (κ3) is 1.50. The van der Waals surface area contributed by atoms with E-state index in [9.17, 15) is 19.1 Å². The minimum absolute atomic E-state index is 0.108. The first-order valence-electron chi connectivity index (χ1n) is 2.42. The molecule has 1 heterocycles. The van der Waals surface area contributed by atoms with Crippen molar-refractivity contribution in [2.45, 2.75) is 0 Å². The molecular formula is CHF2N7O2. The Morgan fingerprint density at radius 3 is 2.92 bits per heavy atom. The highest BCUT2D eigenvalue weighted by atomic mass is 19.4. The van der Waals surface area contributed by atoms with E-state index in [0.29, 0.717) is 0 Å². The quantitative estimate of drug-likeness (QED) is 0.336. The molecule has 11 heteroatoms. The van der Waals surface area contributed by atoms with E-state index in [-0.39, 0.29) is 4.79 Å². The van der Waals surface area contributed by atoms with E-state index < -0.39 is 16.1 Å². The van der Waals surface area contributed by atoms with Gasteiger partial charge >= 0.3 is 5.62 Å². The molecule has 1 N–H and O–H groups in total. The van der Waals surface area contributed by atoms with Crippen molar-refractivity contribution >= 4 is 0 Å². The average molecular weight is 181 g/mol. The number of H-pyrrole nitrogens is 1. The highest BCUT2D eigenvalue weighted by Gasteiger charge is 2.08. The Balaban J connectivity index is 3.16. The fraction of sp³-hybridized carbons (Fsp3) is 0. The van der Waals surface area contributed by atoms with Crippen LogP contribution < -0.4 is 11.1 Å². The lowest BCUT2D eigenvalue weighted by atomic mass is 11.2. The predicted molar refractivity (Wildman–Crippen MR) is 27.4 cm³/mol. The normalized spacial score (nSPS) is 11.7. The van der Waals surface area contributed by atoms with Crippen LogP contribution in [0.3, 0.4) is 0 Å². The summed E-state index contributed by atoms with van der Waals surface area (Å²) in [5.41, 5.74) is -2.34. The molecule has 0 saturated heterocycles. The number of hydrogen-bond donors (Lipinski definition) is 1. The van der Waals surface area contributed by atoms with E-state index in [1.54, 1.807) is 5.21 Å².